The minimum atomic E-state index is -0.105. The van der Waals surface area contributed by atoms with Gasteiger partial charge in [-0.3, -0.25) is 9.89 Å². The maximum absolute atomic E-state index is 12.3. The van der Waals surface area contributed by atoms with Crippen molar-refractivity contribution in [2.45, 2.75) is 6.54 Å². The van der Waals surface area contributed by atoms with Crippen molar-refractivity contribution in [3.8, 4) is 11.4 Å². The number of carbonyl (C=O) groups excluding carboxylic acids is 1. The number of hydrogen-bond acceptors (Lipinski definition) is 6. The quantitative estimate of drug-likeness (QED) is 0.709. The highest BCUT2D eigenvalue weighted by molar-refractivity contribution is 5.94. The Balaban J connectivity index is 1.72. The number of hydrogen-bond donors (Lipinski definition) is 2. The Labute approximate surface area is 119 Å². The van der Waals surface area contributed by atoms with E-state index in [9.17, 15) is 4.79 Å². The van der Waals surface area contributed by atoms with Crippen LogP contribution in [-0.2, 0) is 6.54 Å². The number of nitrogens with one attached hydrogen (secondary N) is 2. The molecule has 2 aromatic heterocycles. The fourth-order valence-electron chi connectivity index (χ4n) is 1.87. The van der Waals surface area contributed by atoms with Gasteiger partial charge < -0.3 is 4.90 Å². The van der Waals surface area contributed by atoms with Gasteiger partial charge in [-0.05, 0) is 17.3 Å². The third kappa shape index (κ3) is 2.76. The van der Waals surface area contributed by atoms with Crippen LogP contribution in [0.2, 0.25) is 0 Å². The van der Waals surface area contributed by atoms with Gasteiger partial charge in [0.2, 0.25) is 5.82 Å². The molecule has 0 spiro atoms. The molecule has 0 radical (unpaired) electrons. The molecule has 3 aromatic rings. The summed E-state index contributed by atoms with van der Waals surface area (Å²) in [5, 5.41) is 20.1. The van der Waals surface area contributed by atoms with Crippen molar-refractivity contribution in [2.24, 2.45) is 0 Å². The summed E-state index contributed by atoms with van der Waals surface area (Å²) in [6.45, 7) is 0.366. The molecule has 0 aliphatic heterocycles. The summed E-state index contributed by atoms with van der Waals surface area (Å²) in [4.78, 5) is 17.8. The zero-order valence-corrected chi connectivity index (χ0v) is 11.2. The predicted octanol–water partition coefficient (Wildman–Crippen LogP) is 0.257. The van der Waals surface area contributed by atoms with Crippen LogP contribution >= 0.6 is 0 Å². The van der Waals surface area contributed by atoms with Crippen molar-refractivity contribution in [3.05, 3.63) is 42.0 Å². The Morgan fingerprint density at radius 1 is 1.29 bits per heavy atom. The molecule has 1 amide bonds. The SMILES string of the molecule is CN(Cc1ncn[nH]1)C(=O)c1ccc(-c2nn[nH]n2)cc1. The van der Waals surface area contributed by atoms with Crippen LogP contribution in [0.3, 0.4) is 0 Å². The molecular weight excluding hydrogens is 272 g/mol. The van der Waals surface area contributed by atoms with E-state index >= 15 is 0 Å². The van der Waals surface area contributed by atoms with Crippen molar-refractivity contribution in [2.75, 3.05) is 7.05 Å². The summed E-state index contributed by atoms with van der Waals surface area (Å²) in [6.07, 6.45) is 1.41. The Morgan fingerprint density at radius 2 is 2.10 bits per heavy atom. The highest BCUT2D eigenvalue weighted by Gasteiger charge is 2.13. The third-order valence-corrected chi connectivity index (χ3v) is 2.93. The molecule has 106 valence electrons. The summed E-state index contributed by atoms with van der Waals surface area (Å²) in [5.74, 6) is 1.02. The number of rotatable bonds is 4. The van der Waals surface area contributed by atoms with Crippen LogP contribution in [0.4, 0.5) is 0 Å². The van der Waals surface area contributed by atoms with E-state index < -0.39 is 0 Å². The average molecular weight is 284 g/mol. The highest BCUT2D eigenvalue weighted by Crippen LogP contribution is 2.15. The van der Waals surface area contributed by atoms with Crippen LogP contribution < -0.4 is 0 Å². The molecule has 0 saturated carbocycles. The Bertz CT molecular complexity index is 704. The number of benzene rings is 1. The molecule has 0 atom stereocenters. The van der Waals surface area contributed by atoms with Gasteiger partial charge in [0, 0.05) is 18.2 Å². The molecule has 3 rings (SSSR count). The first-order valence-corrected chi connectivity index (χ1v) is 6.17. The van der Waals surface area contributed by atoms with Crippen LogP contribution in [0.15, 0.2) is 30.6 Å². The molecule has 0 unspecified atom stereocenters. The number of aromatic nitrogens is 7. The van der Waals surface area contributed by atoms with Gasteiger partial charge in [0.05, 0.1) is 6.54 Å². The fraction of sp³-hybridized carbons (Fsp3) is 0.167. The minimum absolute atomic E-state index is 0.105. The van der Waals surface area contributed by atoms with Crippen LogP contribution in [-0.4, -0.2) is 53.7 Å². The molecule has 9 nitrogen and oxygen atoms in total. The smallest absolute Gasteiger partial charge is 0.254 e. The summed E-state index contributed by atoms with van der Waals surface area (Å²) in [5.41, 5.74) is 1.36. The lowest BCUT2D eigenvalue weighted by atomic mass is 10.1. The summed E-state index contributed by atoms with van der Waals surface area (Å²) in [6, 6.07) is 7.01. The van der Waals surface area contributed by atoms with Gasteiger partial charge in [0.15, 0.2) is 0 Å². The van der Waals surface area contributed by atoms with Crippen LogP contribution in [0, 0.1) is 0 Å². The maximum Gasteiger partial charge on any atom is 0.254 e. The largest absolute Gasteiger partial charge is 0.334 e. The first kappa shape index (κ1) is 12.9. The van der Waals surface area contributed by atoms with Gasteiger partial charge in [-0.2, -0.15) is 10.3 Å². The molecule has 0 aliphatic rings. The Morgan fingerprint density at radius 3 is 2.71 bits per heavy atom. The topological polar surface area (TPSA) is 116 Å². The lowest BCUT2D eigenvalue weighted by molar-refractivity contribution is 0.0781. The summed E-state index contributed by atoms with van der Waals surface area (Å²) >= 11 is 0. The van der Waals surface area contributed by atoms with E-state index in [-0.39, 0.29) is 5.91 Å². The molecule has 2 N–H and O–H groups in total. The van der Waals surface area contributed by atoms with Gasteiger partial charge >= 0.3 is 0 Å². The normalized spacial score (nSPS) is 10.5. The van der Waals surface area contributed by atoms with E-state index in [4.69, 9.17) is 0 Å². The Hall–Kier alpha value is -3.10. The van der Waals surface area contributed by atoms with Crippen LogP contribution in [0.25, 0.3) is 11.4 Å². The van der Waals surface area contributed by atoms with Crippen molar-refractivity contribution >= 4 is 5.91 Å². The molecule has 0 aliphatic carbocycles. The lowest BCUT2D eigenvalue weighted by Crippen LogP contribution is -2.26. The average Bonchev–Trinajstić information content (AvgIpc) is 3.20. The molecule has 0 bridgehead atoms. The molecule has 0 fully saturated rings. The van der Waals surface area contributed by atoms with Crippen molar-refractivity contribution < 1.29 is 4.79 Å². The first-order valence-electron chi connectivity index (χ1n) is 6.17. The molecule has 1 aromatic carbocycles. The predicted molar refractivity (Wildman–Crippen MR) is 71.8 cm³/mol. The van der Waals surface area contributed by atoms with E-state index in [2.05, 4.69) is 35.8 Å². The third-order valence-electron chi connectivity index (χ3n) is 2.93. The number of H-pyrrole nitrogens is 2. The van der Waals surface area contributed by atoms with E-state index in [1.165, 1.54) is 6.33 Å². The summed E-state index contributed by atoms with van der Waals surface area (Å²) in [7, 11) is 1.71. The second-order valence-electron chi connectivity index (χ2n) is 4.41. The van der Waals surface area contributed by atoms with Crippen molar-refractivity contribution in [1.29, 1.82) is 0 Å². The number of nitrogens with zero attached hydrogens (tertiary/aromatic N) is 6. The molecular formula is C12H12N8O. The highest BCUT2D eigenvalue weighted by atomic mass is 16.2. The van der Waals surface area contributed by atoms with E-state index in [1.54, 1.807) is 36.2 Å². The van der Waals surface area contributed by atoms with Gasteiger partial charge in [-0.15, -0.1) is 10.2 Å². The zero-order chi connectivity index (χ0) is 14.7. The number of amides is 1. The van der Waals surface area contributed by atoms with Crippen LogP contribution in [0.5, 0.6) is 0 Å². The van der Waals surface area contributed by atoms with Gasteiger partial charge in [0.25, 0.3) is 5.91 Å². The molecule has 9 heteroatoms. The first-order chi connectivity index (χ1) is 10.2. The van der Waals surface area contributed by atoms with E-state index in [1.807, 2.05) is 0 Å². The monoisotopic (exact) mass is 284 g/mol. The van der Waals surface area contributed by atoms with Crippen LogP contribution in [0.1, 0.15) is 16.2 Å². The van der Waals surface area contributed by atoms with Gasteiger partial charge in [-0.25, -0.2) is 4.98 Å². The molecule has 21 heavy (non-hydrogen) atoms. The second kappa shape index (κ2) is 5.49. The number of aromatic amines is 2. The lowest BCUT2D eigenvalue weighted by Gasteiger charge is -2.15. The van der Waals surface area contributed by atoms with E-state index in [0.29, 0.717) is 23.8 Å². The molecule has 0 saturated heterocycles. The number of tetrazole rings is 1. The van der Waals surface area contributed by atoms with Gasteiger partial charge in [-0.1, -0.05) is 12.1 Å². The van der Waals surface area contributed by atoms with Gasteiger partial charge in [0.1, 0.15) is 12.2 Å². The zero-order valence-electron chi connectivity index (χ0n) is 11.2. The van der Waals surface area contributed by atoms with E-state index in [0.717, 1.165) is 5.56 Å². The minimum Gasteiger partial charge on any atom is -0.334 e. The van der Waals surface area contributed by atoms with Crippen molar-refractivity contribution in [3.63, 3.8) is 0 Å². The number of carbonyl (C=O) groups is 1. The Kier molecular flexibility index (Phi) is 3.37. The fourth-order valence-corrected chi connectivity index (χ4v) is 1.87. The maximum atomic E-state index is 12.3. The molecule has 2 heterocycles. The van der Waals surface area contributed by atoms with Crippen molar-refractivity contribution in [1.82, 2.24) is 40.7 Å². The standard InChI is InChI=1S/C12H12N8O/c1-20(6-10-13-7-14-15-10)12(21)9-4-2-8(3-5-9)11-16-18-19-17-11/h2-5,7H,6H2,1H3,(H,13,14,15)(H,16,17,18,19). The summed E-state index contributed by atoms with van der Waals surface area (Å²) < 4.78 is 0. The second-order valence-corrected chi connectivity index (χ2v) is 4.41.